The van der Waals surface area contributed by atoms with E-state index in [9.17, 15) is 9.59 Å². The summed E-state index contributed by atoms with van der Waals surface area (Å²) in [6.07, 6.45) is 11.4. The van der Waals surface area contributed by atoms with Crippen molar-refractivity contribution in [2.45, 2.75) is 70.8 Å². The predicted octanol–water partition coefficient (Wildman–Crippen LogP) is 2.97. The van der Waals surface area contributed by atoms with Crippen molar-refractivity contribution in [3.05, 3.63) is 17.6 Å². The molecule has 1 saturated heterocycles. The highest BCUT2D eigenvalue weighted by Gasteiger charge is 2.41. The van der Waals surface area contributed by atoms with Gasteiger partial charge in [0.1, 0.15) is 11.2 Å². The fourth-order valence-electron chi connectivity index (χ4n) is 4.46. The van der Waals surface area contributed by atoms with E-state index in [1.807, 2.05) is 0 Å². The molecule has 7 heteroatoms. The first-order valence-corrected chi connectivity index (χ1v) is 11.7. The number of amides is 2. The molecule has 7 nitrogen and oxygen atoms in total. The Bertz CT molecular complexity index is 891. The van der Waals surface area contributed by atoms with E-state index in [1.165, 1.54) is 44.7 Å². The van der Waals surface area contributed by atoms with Crippen LogP contribution >= 0.6 is 0 Å². The lowest BCUT2D eigenvalue weighted by Crippen LogP contribution is -2.63. The van der Waals surface area contributed by atoms with Crippen LogP contribution in [0.3, 0.4) is 0 Å². The zero-order chi connectivity index (χ0) is 21.8. The van der Waals surface area contributed by atoms with Gasteiger partial charge in [-0.3, -0.25) is 9.59 Å². The van der Waals surface area contributed by atoms with Crippen LogP contribution in [0.1, 0.15) is 81.4 Å². The highest BCUT2D eigenvalue weighted by molar-refractivity contribution is 5.98. The van der Waals surface area contributed by atoms with E-state index >= 15 is 0 Å². The summed E-state index contributed by atoms with van der Waals surface area (Å²) in [5.41, 5.74) is -0.149. The summed E-state index contributed by atoms with van der Waals surface area (Å²) in [6.45, 7) is 5.26. The molecule has 2 N–H and O–H groups in total. The molecule has 0 spiro atoms. The molecule has 3 fully saturated rings. The van der Waals surface area contributed by atoms with Crippen LogP contribution in [-0.4, -0.2) is 51.9 Å². The summed E-state index contributed by atoms with van der Waals surface area (Å²) < 4.78 is 0. The van der Waals surface area contributed by atoms with Gasteiger partial charge in [-0.1, -0.05) is 31.6 Å². The molecule has 166 valence electrons. The molecule has 0 unspecified atom stereocenters. The van der Waals surface area contributed by atoms with Gasteiger partial charge in [0, 0.05) is 25.6 Å². The number of rotatable bonds is 4. The van der Waals surface area contributed by atoms with Crippen molar-refractivity contribution in [3.63, 3.8) is 0 Å². The molecular formula is C24H33N5O2. The van der Waals surface area contributed by atoms with Gasteiger partial charge in [0.05, 0.1) is 6.20 Å². The Kier molecular flexibility index (Phi) is 6.45. The number of carbonyl (C=O) groups is 2. The predicted molar refractivity (Wildman–Crippen MR) is 119 cm³/mol. The maximum Gasteiger partial charge on any atom is 0.275 e. The minimum atomic E-state index is -0.924. The highest BCUT2D eigenvalue weighted by atomic mass is 16.2. The van der Waals surface area contributed by atoms with Gasteiger partial charge in [-0.05, 0) is 51.4 Å². The normalized spacial score (nSPS) is 21.5. The van der Waals surface area contributed by atoms with E-state index < -0.39 is 5.54 Å². The van der Waals surface area contributed by atoms with Crippen LogP contribution in [0.5, 0.6) is 0 Å². The average Bonchev–Trinajstić information content (AvgIpc) is 2.74. The van der Waals surface area contributed by atoms with Crippen LogP contribution in [0.4, 0.5) is 5.82 Å². The molecule has 0 bridgehead atoms. The summed E-state index contributed by atoms with van der Waals surface area (Å²) in [4.78, 5) is 36.2. The van der Waals surface area contributed by atoms with Crippen molar-refractivity contribution in [2.24, 2.45) is 11.8 Å². The van der Waals surface area contributed by atoms with Crippen LogP contribution in [0, 0.1) is 23.7 Å². The molecule has 2 heterocycles. The molecule has 2 aliphatic carbocycles. The van der Waals surface area contributed by atoms with Crippen LogP contribution in [0.15, 0.2) is 6.20 Å². The highest BCUT2D eigenvalue weighted by Crippen LogP contribution is 2.27. The van der Waals surface area contributed by atoms with E-state index in [2.05, 4.69) is 32.4 Å². The molecule has 1 aromatic heterocycles. The minimum Gasteiger partial charge on any atom is -0.367 e. The van der Waals surface area contributed by atoms with Gasteiger partial charge < -0.3 is 15.5 Å². The lowest BCUT2D eigenvalue weighted by molar-refractivity contribution is -0.133. The summed E-state index contributed by atoms with van der Waals surface area (Å²) in [6, 6.07) is 0. The topological polar surface area (TPSA) is 87.2 Å². The van der Waals surface area contributed by atoms with Crippen molar-refractivity contribution in [1.29, 1.82) is 0 Å². The largest absolute Gasteiger partial charge is 0.367 e. The van der Waals surface area contributed by atoms with E-state index in [0.717, 1.165) is 19.4 Å². The van der Waals surface area contributed by atoms with Crippen molar-refractivity contribution < 1.29 is 9.59 Å². The number of hydrogen-bond donors (Lipinski definition) is 2. The van der Waals surface area contributed by atoms with E-state index in [-0.39, 0.29) is 17.5 Å². The maximum atomic E-state index is 13.2. The summed E-state index contributed by atoms with van der Waals surface area (Å²) in [5, 5.41) is 6.27. The standard InChI is InChI=1S/C24H33N5O2/c1-24(2)23(31)25-13-14-29(24)22(30)20-16-27-21(26-15-18-7-4-3-5-8-18)19(28-20)12-11-17-9-6-10-17/h16-18H,3-10,13-15H2,1-2H3,(H,25,31)(H,26,27). The smallest absolute Gasteiger partial charge is 0.275 e. The van der Waals surface area contributed by atoms with Gasteiger partial charge in [0.25, 0.3) is 5.91 Å². The second-order valence-electron chi connectivity index (χ2n) is 9.51. The molecule has 3 aliphatic rings. The molecule has 1 aromatic rings. The Balaban J connectivity index is 1.56. The maximum absolute atomic E-state index is 13.2. The lowest BCUT2D eigenvalue weighted by atomic mass is 9.86. The fraction of sp³-hybridized carbons (Fsp3) is 0.667. The number of anilines is 1. The Morgan fingerprint density at radius 3 is 2.71 bits per heavy atom. The molecule has 0 aromatic carbocycles. The number of piperazine rings is 1. The van der Waals surface area contributed by atoms with Gasteiger partial charge >= 0.3 is 0 Å². The summed E-state index contributed by atoms with van der Waals surface area (Å²) >= 11 is 0. The second kappa shape index (κ2) is 9.25. The molecule has 2 amide bonds. The zero-order valence-electron chi connectivity index (χ0n) is 18.7. The van der Waals surface area contributed by atoms with E-state index in [1.54, 1.807) is 18.7 Å². The number of hydrogen-bond acceptors (Lipinski definition) is 5. The first-order valence-electron chi connectivity index (χ1n) is 11.7. The number of nitrogens with one attached hydrogen (secondary N) is 2. The Morgan fingerprint density at radius 1 is 1.23 bits per heavy atom. The fourth-order valence-corrected chi connectivity index (χ4v) is 4.46. The minimum absolute atomic E-state index is 0.157. The first kappa shape index (κ1) is 21.6. The number of nitrogens with zero attached hydrogens (tertiary/aromatic N) is 3. The van der Waals surface area contributed by atoms with Gasteiger partial charge in [-0.15, -0.1) is 0 Å². The first-order chi connectivity index (χ1) is 14.9. The van der Waals surface area contributed by atoms with Gasteiger partial charge in [0.15, 0.2) is 11.5 Å². The molecule has 0 radical (unpaired) electrons. The van der Waals surface area contributed by atoms with Crippen molar-refractivity contribution >= 4 is 17.6 Å². The van der Waals surface area contributed by atoms with Gasteiger partial charge in [0.2, 0.25) is 5.91 Å². The van der Waals surface area contributed by atoms with Crippen molar-refractivity contribution in [1.82, 2.24) is 20.2 Å². The Labute approximate surface area is 184 Å². The van der Waals surface area contributed by atoms with Crippen LogP contribution in [0.25, 0.3) is 0 Å². The van der Waals surface area contributed by atoms with Crippen molar-refractivity contribution in [3.8, 4) is 11.8 Å². The van der Waals surface area contributed by atoms with Gasteiger partial charge in [-0.25, -0.2) is 9.97 Å². The number of aromatic nitrogens is 2. The average molecular weight is 424 g/mol. The summed E-state index contributed by atoms with van der Waals surface area (Å²) in [7, 11) is 0. The van der Waals surface area contributed by atoms with Crippen LogP contribution in [0.2, 0.25) is 0 Å². The van der Waals surface area contributed by atoms with Crippen molar-refractivity contribution in [2.75, 3.05) is 25.0 Å². The van der Waals surface area contributed by atoms with Crippen LogP contribution < -0.4 is 10.6 Å². The molecule has 4 rings (SSSR count). The SMILES string of the molecule is CC1(C)C(=O)NCCN1C(=O)c1cnc(NCC2CCCCC2)c(C#CC2CCC2)n1. The Morgan fingerprint density at radius 2 is 2.00 bits per heavy atom. The monoisotopic (exact) mass is 423 g/mol. The quantitative estimate of drug-likeness (QED) is 0.727. The van der Waals surface area contributed by atoms with Crippen LogP contribution in [-0.2, 0) is 4.79 Å². The third-order valence-corrected chi connectivity index (χ3v) is 6.87. The molecule has 0 atom stereocenters. The molecule has 2 saturated carbocycles. The third-order valence-electron chi connectivity index (χ3n) is 6.87. The summed E-state index contributed by atoms with van der Waals surface area (Å²) in [5.74, 6) is 7.78. The Hall–Kier alpha value is -2.62. The number of carbonyl (C=O) groups excluding carboxylic acids is 2. The van der Waals surface area contributed by atoms with Gasteiger partial charge in [-0.2, -0.15) is 0 Å². The molecule has 1 aliphatic heterocycles. The third kappa shape index (κ3) is 4.84. The van der Waals surface area contributed by atoms with E-state index in [0.29, 0.717) is 36.4 Å². The molecule has 31 heavy (non-hydrogen) atoms. The van der Waals surface area contributed by atoms with E-state index in [4.69, 9.17) is 0 Å². The zero-order valence-corrected chi connectivity index (χ0v) is 18.7. The molecular weight excluding hydrogens is 390 g/mol. The lowest BCUT2D eigenvalue weighted by Gasteiger charge is -2.40. The second-order valence-corrected chi connectivity index (χ2v) is 9.51.